The smallest absolute Gasteiger partial charge is 0.418 e. The van der Waals surface area contributed by atoms with Crippen LogP contribution in [0.1, 0.15) is 99.6 Å². The number of rotatable bonds is 13. The van der Waals surface area contributed by atoms with E-state index in [0.29, 0.717) is 0 Å². The fourth-order valence-electron chi connectivity index (χ4n) is 5.96. The topological polar surface area (TPSA) is 54.6 Å². The Labute approximate surface area is 269 Å². The Hall–Kier alpha value is -3.05. The zero-order chi connectivity index (χ0) is 33.7. The number of aromatic nitrogens is 1. The minimum Gasteiger partial charge on any atom is -0.495 e. The van der Waals surface area contributed by atoms with E-state index in [1.54, 1.807) is 11.1 Å². The highest BCUT2D eigenvalue weighted by Gasteiger charge is 2.39. The number of hydrogen-bond acceptors (Lipinski definition) is 5. The first kappa shape index (κ1) is 37.4. The number of ether oxygens (including phenoxy) is 1. The van der Waals surface area contributed by atoms with Gasteiger partial charge in [0.1, 0.15) is 5.75 Å². The molecule has 1 aromatic heterocycles. The summed E-state index contributed by atoms with van der Waals surface area (Å²) in [6.07, 6.45) is 10.4. The van der Waals surface area contributed by atoms with Gasteiger partial charge in [-0.15, -0.1) is 0 Å². The third-order valence-electron chi connectivity index (χ3n) is 8.48. The normalized spacial score (nSPS) is 17.8. The molecular formula is C35H48F6N4O. The van der Waals surface area contributed by atoms with Crippen molar-refractivity contribution in [3.05, 3.63) is 82.8 Å². The Balaban J connectivity index is 0.000000449. The summed E-state index contributed by atoms with van der Waals surface area (Å²) in [6, 6.07) is 4.12. The van der Waals surface area contributed by atoms with Gasteiger partial charge in [0.05, 0.1) is 36.2 Å². The van der Waals surface area contributed by atoms with Gasteiger partial charge in [-0.05, 0) is 68.7 Å². The quantitative estimate of drug-likeness (QED) is 0.173. The highest BCUT2D eigenvalue weighted by molar-refractivity contribution is 5.41. The predicted molar refractivity (Wildman–Crippen MR) is 170 cm³/mol. The lowest BCUT2D eigenvalue weighted by Crippen LogP contribution is -2.33. The second kappa shape index (κ2) is 17.8. The third-order valence-corrected chi connectivity index (χ3v) is 8.48. The molecule has 2 atom stereocenters. The summed E-state index contributed by atoms with van der Waals surface area (Å²) in [5.41, 5.74) is 4.43. The summed E-state index contributed by atoms with van der Waals surface area (Å²) < 4.78 is 86.7. The van der Waals surface area contributed by atoms with E-state index >= 15 is 0 Å². The minimum atomic E-state index is -4.75. The molecule has 0 saturated carbocycles. The number of methoxy groups -OCH3 is 1. The van der Waals surface area contributed by atoms with E-state index in [-0.39, 0.29) is 29.6 Å². The first-order valence-electron chi connectivity index (χ1n) is 16.2. The number of nitrogens with two attached hydrogens (primary N) is 1. The van der Waals surface area contributed by atoms with Crippen LogP contribution >= 0.6 is 0 Å². The van der Waals surface area contributed by atoms with Gasteiger partial charge < -0.3 is 15.4 Å². The molecule has 0 amide bonds. The lowest BCUT2D eigenvalue weighted by molar-refractivity contribution is -0.139. The maximum atomic E-state index is 14.1. The molecule has 1 unspecified atom stereocenters. The van der Waals surface area contributed by atoms with Crippen molar-refractivity contribution >= 4 is 0 Å². The molecule has 2 N–H and O–H groups in total. The van der Waals surface area contributed by atoms with Gasteiger partial charge in [0.25, 0.3) is 0 Å². The fourth-order valence-corrected chi connectivity index (χ4v) is 5.96. The van der Waals surface area contributed by atoms with Crippen molar-refractivity contribution in [1.82, 2.24) is 14.8 Å². The summed E-state index contributed by atoms with van der Waals surface area (Å²) in [5, 5.41) is 0. The SMILES string of the molecule is CCCCCCCCCCN.COc1cnc(C(c2ccc(C(F)(F)F)cc2)N2C=C([C@@H]3CCCN3C)C=CC2)c(C(F)(F)F)c1. The zero-order valence-corrected chi connectivity index (χ0v) is 27.1. The molecule has 46 heavy (non-hydrogen) atoms. The first-order chi connectivity index (χ1) is 21.9. The number of nitrogens with zero attached hydrogens (tertiary/aromatic N) is 3. The molecule has 1 saturated heterocycles. The monoisotopic (exact) mass is 654 g/mol. The van der Waals surface area contributed by atoms with Gasteiger partial charge in [0, 0.05) is 18.8 Å². The Bertz CT molecular complexity index is 1250. The van der Waals surface area contributed by atoms with Crippen LogP contribution in [0.5, 0.6) is 5.75 Å². The average molecular weight is 655 g/mol. The van der Waals surface area contributed by atoms with Crippen LogP contribution in [0.3, 0.4) is 0 Å². The maximum absolute atomic E-state index is 14.1. The summed E-state index contributed by atoms with van der Waals surface area (Å²) in [5.74, 6) is -0.0606. The van der Waals surface area contributed by atoms with Crippen LogP contribution in [0, 0.1) is 0 Å². The average Bonchev–Trinajstić information content (AvgIpc) is 3.46. The molecule has 1 aromatic carbocycles. The number of hydrogen-bond donors (Lipinski definition) is 1. The second-order valence-electron chi connectivity index (χ2n) is 12.0. The van der Waals surface area contributed by atoms with Gasteiger partial charge in [-0.25, -0.2) is 0 Å². The van der Waals surface area contributed by atoms with Gasteiger partial charge in [-0.1, -0.05) is 76.2 Å². The van der Waals surface area contributed by atoms with Gasteiger partial charge >= 0.3 is 12.4 Å². The van der Waals surface area contributed by atoms with Crippen molar-refractivity contribution in [3.63, 3.8) is 0 Å². The molecule has 5 nitrogen and oxygen atoms in total. The second-order valence-corrected chi connectivity index (χ2v) is 12.0. The molecule has 3 heterocycles. The number of benzene rings is 1. The third kappa shape index (κ3) is 10.8. The van der Waals surface area contributed by atoms with Crippen molar-refractivity contribution in [2.45, 2.75) is 95.6 Å². The van der Waals surface area contributed by atoms with Crippen LogP contribution in [-0.2, 0) is 12.4 Å². The van der Waals surface area contributed by atoms with Crippen LogP contribution in [0.4, 0.5) is 26.3 Å². The largest absolute Gasteiger partial charge is 0.495 e. The molecule has 256 valence electrons. The summed E-state index contributed by atoms with van der Waals surface area (Å²) >= 11 is 0. The van der Waals surface area contributed by atoms with E-state index in [1.807, 2.05) is 19.2 Å². The van der Waals surface area contributed by atoms with Crippen molar-refractivity contribution in [3.8, 4) is 5.75 Å². The Morgan fingerprint density at radius 3 is 2.15 bits per heavy atom. The van der Waals surface area contributed by atoms with Gasteiger partial charge in [-0.2, -0.15) is 26.3 Å². The highest BCUT2D eigenvalue weighted by atomic mass is 19.4. The van der Waals surface area contributed by atoms with Crippen molar-refractivity contribution < 1.29 is 31.1 Å². The number of alkyl halides is 6. The number of unbranched alkanes of at least 4 members (excludes halogenated alkanes) is 7. The summed E-state index contributed by atoms with van der Waals surface area (Å²) in [7, 11) is 3.23. The number of pyridine rings is 1. The van der Waals surface area contributed by atoms with Crippen LogP contribution in [0.25, 0.3) is 0 Å². The van der Waals surface area contributed by atoms with E-state index in [9.17, 15) is 26.3 Å². The molecule has 2 aromatic rings. The lowest BCUT2D eigenvalue weighted by atomic mass is 9.94. The van der Waals surface area contributed by atoms with E-state index in [2.05, 4.69) is 16.8 Å². The van der Waals surface area contributed by atoms with Crippen LogP contribution in [-0.4, -0.2) is 54.6 Å². The number of likely N-dealkylation sites (tertiary alicyclic amines) is 1. The van der Waals surface area contributed by atoms with Crippen molar-refractivity contribution in [1.29, 1.82) is 0 Å². The predicted octanol–water partition coefficient (Wildman–Crippen LogP) is 9.15. The Morgan fingerprint density at radius 1 is 0.957 bits per heavy atom. The van der Waals surface area contributed by atoms with Crippen LogP contribution < -0.4 is 10.5 Å². The number of likely N-dealkylation sites (N-methyl/N-ethyl adjacent to an activating group) is 1. The van der Waals surface area contributed by atoms with Crippen LogP contribution in [0.2, 0.25) is 0 Å². The zero-order valence-electron chi connectivity index (χ0n) is 27.1. The molecule has 2 aliphatic rings. The molecule has 11 heteroatoms. The molecule has 0 aliphatic carbocycles. The Morgan fingerprint density at radius 2 is 1.61 bits per heavy atom. The van der Waals surface area contributed by atoms with E-state index in [0.717, 1.165) is 49.7 Å². The maximum Gasteiger partial charge on any atom is 0.418 e. The Kier molecular flexibility index (Phi) is 14.4. The van der Waals surface area contributed by atoms with Crippen LogP contribution in [0.15, 0.2) is 60.5 Å². The van der Waals surface area contributed by atoms with E-state index in [1.165, 1.54) is 76.8 Å². The highest BCUT2D eigenvalue weighted by Crippen LogP contribution is 2.41. The fraction of sp³-hybridized carbons (Fsp3) is 0.571. The van der Waals surface area contributed by atoms with Gasteiger partial charge in [0.2, 0.25) is 0 Å². The lowest BCUT2D eigenvalue weighted by Gasteiger charge is -2.35. The molecule has 0 bridgehead atoms. The molecular weight excluding hydrogens is 606 g/mol. The molecule has 1 fully saturated rings. The summed E-state index contributed by atoms with van der Waals surface area (Å²) in [6.45, 7) is 4.32. The minimum absolute atomic E-state index is 0.0606. The van der Waals surface area contributed by atoms with Crippen molar-refractivity contribution in [2.75, 3.05) is 33.8 Å². The van der Waals surface area contributed by atoms with Crippen molar-refractivity contribution in [2.24, 2.45) is 5.73 Å². The molecule has 4 rings (SSSR count). The molecule has 0 spiro atoms. The van der Waals surface area contributed by atoms with E-state index in [4.69, 9.17) is 10.5 Å². The standard InChI is InChI=1S/C25H25F6N3O.C10H23N/c1-33-11-4-6-21(33)17-5-3-12-34(15-17)23(16-7-9-18(10-8-16)24(26,27)28)22-20(25(29,30)31)13-19(35-2)14-32-22;1-2-3-4-5-6-7-8-9-10-11/h3,5,7-10,13-15,21,23H,4,6,11-12H2,1-2H3;2-11H2,1H3/t21-,23?;/m0./s1. The van der Waals surface area contributed by atoms with Gasteiger partial charge in [-0.3, -0.25) is 9.88 Å². The van der Waals surface area contributed by atoms with Gasteiger partial charge in [0.15, 0.2) is 0 Å². The molecule has 2 aliphatic heterocycles. The first-order valence-corrected chi connectivity index (χ1v) is 16.2. The molecule has 0 radical (unpaired) electrons. The summed E-state index contributed by atoms with van der Waals surface area (Å²) in [4.78, 5) is 7.99. The van der Waals surface area contributed by atoms with E-state index < -0.39 is 29.5 Å². The number of halogens is 6.